The standard InChI is InChI=1S/C20H22Cl2N6O2/c1-29-15-4-2-3-14(12-15)28-19(24-13-5-6-16(21)17(22)11-13)25-18(23)26-20(28)27-7-9-30-10-8-27/h2-6,11-12,19,24H,7-10H2,1H3,(H2,23,25). The van der Waals surface area contributed by atoms with Gasteiger partial charge in [0.25, 0.3) is 0 Å². The van der Waals surface area contributed by atoms with Gasteiger partial charge < -0.3 is 25.4 Å². The van der Waals surface area contributed by atoms with E-state index >= 15 is 0 Å². The SMILES string of the molecule is COc1cccc(N2C(N3CCOCC3)=NC(N)=NC2Nc2ccc(Cl)c(Cl)c2)c1. The van der Waals surface area contributed by atoms with Gasteiger partial charge in [0.15, 0.2) is 0 Å². The molecular formula is C20H22Cl2N6O2. The molecule has 1 saturated heterocycles. The summed E-state index contributed by atoms with van der Waals surface area (Å²) < 4.78 is 10.9. The van der Waals surface area contributed by atoms with Gasteiger partial charge in [-0.3, -0.25) is 4.90 Å². The Balaban J connectivity index is 1.73. The van der Waals surface area contributed by atoms with Crippen LogP contribution in [0.4, 0.5) is 11.4 Å². The van der Waals surface area contributed by atoms with E-state index in [0.29, 0.717) is 42.3 Å². The van der Waals surface area contributed by atoms with Crippen molar-refractivity contribution in [2.45, 2.75) is 6.29 Å². The van der Waals surface area contributed by atoms with E-state index in [1.165, 1.54) is 0 Å². The third kappa shape index (κ3) is 4.40. The molecule has 2 aliphatic rings. The fourth-order valence-electron chi connectivity index (χ4n) is 3.31. The second-order valence-electron chi connectivity index (χ2n) is 6.72. The van der Waals surface area contributed by atoms with Gasteiger partial charge in [0.05, 0.1) is 36.1 Å². The lowest BCUT2D eigenvalue weighted by Gasteiger charge is -2.41. The van der Waals surface area contributed by atoms with Gasteiger partial charge in [0.1, 0.15) is 5.75 Å². The lowest BCUT2D eigenvalue weighted by molar-refractivity contribution is 0.0671. The first-order chi connectivity index (χ1) is 14.5. The Labute approximate surface area is 184 Å². The first-order valence-electron chi connectivity index (χ1n) is 9.44. The molecule has 0 spiro atoms. The first kappa shape index (κ1) is 20.6. The minimum Gasteiger partial charge on any atom is -0.497 e. The Hall–Kier alpha value is -2.68. The number of anilines is 2. The predicted octanol–water partition coefficient (Wildman–Crippen LogP) is 3.22. The Morgan fingerprint density at radius 1 is 1.13 bits per heavy atom. The topological polar surface area (TPSA) is 87.7 Å². The van der Waals surface area contributed by atoms with Crippen LogP contribution >= 0.6 is 23.2 Å². The first-order valence-corrected chi connectivity index (χ1v) is 10.2. The molecule has 0 saturated carbocycles. The van der Waals surface area contributed by atoms with E-state index in [0.717, 1.165) is 17.1 Å². The van der Waals surface area contributed by atoms with E-state index < -0.39 is 6.29 Å². The van der Waals surface area contributed by atoms with E-state index in [1.807, 2.05) is 35.2 Å². The summed E-state index contributed by atoms with van der Waals surface area (Å²) in [5, 5.41) is 4.30. The van der Waals surface area contributed by atoms with Crippen LogP contribution in [0.1, 0.15) is 0 Å². The highest BCUT2D eigenvalue weighted by molar-refractivity contribution is 6.42. The molecule has 2 aliphatic heterocycles. The summed E-state index contributed by atoms with van der Waals surface area (Å²) in [7, 11) is 1.63. The van der Waals surface area contributed by atoms with Gasteiger partial charge >= 0.3 is 0 Å². The molecule has 10 heteroatoms. The van der Waals surface area contributed by atoms with Gasteiger partial charge in [-0.1, -0.05) is 29.3 Å². The molecule has 8 nitrogen and oxygen atoms in total. The molecule has 0 aromatic heterocycles. The average molecular weight is 449 g/mol. The molecule has 0 amide bonds. The van der Waals surface area contributed by atoms with Crippen molar-refractivity contribution in [1.82, 2.24) is 4.90 Å². The molecule has 30 heavy (non-hydrogen) atoms. The Bertz CT molecular complexity index is 978. The zero-order valence-electron chi connectivity index (χ0n) is 16.4. The van der Waals surface area contributed by atoms with Crippen LogP contribution in [0, 0.1) is 0 Å². The molecule has 1 unspecified atom stereocenters. The van der Waals surface area contributed by atoms with E-state index in [2.05, 4.69) is 20.2 Å². The lowest BCUT2D eigenvalue weighted by atomic mass is 10.2. The average Bonchev–Trinajstić information content (AvgIpc) is 2.76. The van der Waals surface area contributed by atoms with Crippen molar-refractivity contribution in [3.05, 3.63) is 52.5 Å². The number of ether oxygens (including phenoxy) is 2. The molecule has 0 radical (unpaired) electrons. The molecule has 2 aromatic carbocycles. The molecule has 1 fully saturated rings. The van der Waals surface area contributed by atoms with Gasteiger partial charge in [0.2, 0.25) is 18.2 Å². The van der Waals surface area contributed by atoms with E-state index in [9.17, 15) is 0 Å². The monoisotopic (exact) mass is 448 g/mol. The van der Waals surface area contributed by atoms with Crippen molar-refractivity contribution in [3.63, 3.8) is 0 Å². The highest BCUT2D eigenvalue weighted by atomic mass is 35.5. The number of morpholine rings is 1. The summed E-state index contributed by atoms with van der Waals surface area (Å²) in [6.07, 6.45) is -0.551. The van der Waals surface area contributed by atoms with Gasteiger partial charge in [-0.05, 0) is 30.3 Å². The summed E-state index contributed by atoms with van der Waals surface area (Å²) in [6, 6.07) is 13.0. The van der Waals surface area contributed by atoms with Crippen molar-refractivity contribution in [1.29, 1.82) is 0 Å². The largest absolute Gasteiger partial charge is 0.497 e. The van der Waals surface area contributed by atoms with Crippen LogP contribution in [0.25, 0.3) is 0 Å². The van der Waals surface area contributed by atoms with E-state index in [4.69, 9.17) is 38.4 Å². The van der Waals surface area contributed by atoms with Crippen LogP contribution in [0.2, 0.25) is 10.0 Å². The fraction of sp³-hybridized carbons (Fsp3) is 0.300. The number of methoxy groups -OCH3 is 1. The maximum atomic E-state index is 6.20. The number of rotatable bonds is 4. The number of benzene rings is 2. The fourth-order valence-corrected chi connectivity index (χ4v) is 3.61. The zero-order valence-corrected chi connectivity index (χ0v) is 17.9. The van der Waals surface area contributed by atoms with Gasteiger partial charge in [-0.15, -0.1) is 0 Å². The molecule has 158 valence electrons. The second-order valence-corrected chi connectivity index (χ2v) is 7.53. The highest BCUT2D eigenvalue weighted by Crippen LogP contribution is 2.29. The number of halogens is 2. The predicted molar refractivity (Wildman–Crippen MR) is 121 cm³/mol. The zero-order chi connectivity index (χ0) is 21.1. The molecule has 4 rings (SSSR count). The maximum absolute atomic E-state index is 6.20. The van der Waals surface area contributed by atoms with Gasteiger partial charge in [-0.25, -0.2) is 4.99 Å². The minimum absolute atomic E-state index is 0.188. The molecule has 1 atom stereocenters. The van der Waals surface area contributed by atoms with E-state index in [1.54, 1.807) is 19.2 Å². The van der Waals surface area contributed by atoms with Crippen molar-refractivity contribution in [2.75, 3.05) is 43.6 Å². The Morgan fingerprint density at radius 2 is 1.93 bits per heavy atom. The van der Waals surface area contributed by atoms with Crippen LogP contribution in [0.15, 0.2) is 52.4 Å². The number of nitrogens with two attached hydrogens (primary N) is 1. The van der Waals surface area contributed by atoms with Crippen LogP contribution in [0.3, 0.4) is 0 Å². The normalized spacial score (nSPS) is 19.2. The highest BCUT2D eigenvalue weighted by Gasteiger charge is 2.32. The lowest BCUT2D eigenvalue weighted by Crippen LogP contribution is -2.57. The maximum Gasteiger partial charge on any atom is 0.222 e. The summed E-state index contributed by atoms with van der Waals surface area (Å²) >= 11 is 12.3. The van der Waals surface area contributed by atoms with Crippen molar-refractivity contribution >= 4 is 46.5 Å². The molecule has 0 aliphatic carbocycles. The van der Waals surface area contributed by atoms with Crippen molar-refractivity contribution < 1.29 is 9.47 Å². The molecule has 3 N–H and O–H groups in total. The number of nitrogens with one attached hydrogen (secondary N) is 1. The summed E-state index contributed by atoms with van der Waals surface area (Å²) in [5.74, 6) is 1.61. The number of hydrogen-bond donors (Lipinski definition) is 2. The summed E-state index contributed by atoms with van der Waals surface area (Å²) in [4.78, 5) is 13.2. The number of nitrogens with zero attached hydrogens (tertiary/aromatic N) is 4. The van der Waals surface area contributed by atoms with Crippen molar-refractivity contribution in [3.8, 4) is 5.75 Å². The smallest absolute Gasteiger partial charge is 0.222 e. The van der Waals surface area contributed by atoms with Crippen molar-refractivity contribution in [2.24, 2.45) is 15.7 Å². The van der Waals surface area contributed by atoms with Crippen LogP contribution < -0.4 is 20.7 Å². The van der Waals surface area contributed by atoms with Gasteiger partial charge in [0, 0.05) is 24.8 Å². The number of hydrogen-bond acceptors (Lipinski definition) is 8. The van der Waals surface area contributed by atoms with E-state index in [-0.39, 0.29) is 5.96 Å². The molecular weight excluding hydrogens is 427 g/mol. The van der Waals surface area contributed by atoms with Gasteiger partial charge in [-0.2, -0.15) is 4.99 Å². The third-order valence-electron chi connectivity index (χ3n) is 4.77. The summed E-state index contributed by atoms with van der Waals surface area (Å²) in [5.41, 5.74) is 7.70. The summed E-state index contributed by atoms with van der Waals surface area (Å²) in [6.45, 7) is 2.64. The van der Waals surface area contributed by atoms with Crippen LogP contribution in [0.5, 0.6) is 5.75 Å². The molecule has 0 bridgehead atoms. The molecule has 2 aromatic rings. The number of guanidine groups is 2. The minimum atomic E-state index is -0.551. The molecule has 2 heterocycles. The third-order valence-corrected chi connectivity index (χ3v) is 5.51. The Morgan fingerprint density at radius 3 is 2.67 bits per heavy atom. The second kappa shape index (κ2) is 8.99. The number of aliphatic imine (C=N–C) groups is 2. The van der Waals surface area contributed by atoms with Crippen LogP contribution in [-0.2, 0) is 4.74 Å². The Kier molecular flexibility index (Phi) is 6.17. The quantitative estimate of drug-likeness (QED) is 0.746. The van der Waals surface area contributed by atoms with Crippen LogP contribution in [-0.4, -0.2) is 56.5 Å².